The Kier molecular flexibility index (Phi) is 3.13. The monoisotopic (exact) mass is 195 g/mol. The molecule has 1 aromatic heterocycles. The Hall–Kier alpha value is -0.910. The van der Waals surface area contributed by atoms with Crippen molar-refractivity contribution < 1.29 is 0 Å². The lowest BCUT2D eigenvalue weighted by Gasteiger charge is -2.32. The lowest BCUT2D eigenvalue weighted by Crippen LogP contribution is -2.50. The fourth-order valence-electron chi connectivity index (χ4n) is 1.54. The molecule has 0 spiro atoms. The minimum absolute atomic E-state index is 0.837. The molecule has 1 aliphatic rings. The number of hydrogen-bond acceptors (Lipinski definition) is 4. The van der Waals surface area contributed by atoms with E-state index in [0.717, 1.165) is 38.4 Å². The summed E-state index contributed by atoms with van der Waals surface area (Å²) >= 11 is 0. The highest BCUT2D eigenvalue weighted by molar-refractivity contribution is 4.96. The number of likely N-dealkylation sites (N-methyl/N-ethyl adjacent to an activating group) is 1. The van der Waals surface area contributed by atoms with Gasteiger partial charge < -0.3 is 4.90 Å². The van der Waals surface area contributed by atoms with Crippen molar-refractivity contribution in [3.8, 4) is 0 Å². The van der Waals surface area contributed by atoms with E-state index in [1.54, 1.807) is 6.20 Å². The van der Waals surface area contributed by atoms with Gasteiger partial charge in [-0.2, -0.15) is 5.10 Å². The normalized spacial score (nSPS) is 20.1. The summed E-state index contributed by atoms with van der Waals surface area (Å²) in [5.74, 6) is 0. The smallest absolute Gasteiger partial charge is 0.0521 e. The highest BCUT2D eigenvalue weighted by atomic mass is 15.5. The van der Waals surface area contributed by atoms with Crippen molar-refractivity contribution >= 4 is 0 Å². The largest absolute Gasteiger partial charge is 0.304 e. The van der Waals surface area contributed by atoms with Gasteiger partial charge in [0.2, 0.25) is 0 Å². The zero-order valence-corrected chi connectivity index (χ0v) is 8.53. The van der Waals surface area contributed by atoms with E-state index in [2.05, 4.69) is 32.6 Å². The van der Waals surface area contributed by atoms with E-state index in [4.69, 9.17) is 0 Å². The van der Waals surface area contributed by atoms with Crippen LogP contribution in [0.25, 0.3) is 0 Å². The van der Waals surface area contributed by atoms with Gasteiger partial charge in [-0.15, -0.1) is 0 Å². The lowest BCUT2D eigenvalue weighted by atomic mass is 10.4. The maximum Gasteiger partial charge on any atom is 0.0521 e. The minimum Gasteiger partial charge on any atom is -0.304 e. The number of aromatic amines is 1. The van der Waals surface area contributed by atoms with Gasteiger partial charge in [-0.3, -0.25) is 5.10 Å². The number of hydrogen-bond donors (Lipinski definition) is 2. The van der Waals surface area contributed by atoms with Gasteiger partial charge in [0.25, 0.3) is 0 Å². The Balaban J connectivity index is 1.71. The molecule has 5 heteroatoms. The van der Waals surface area contributed by atoms with Crippen LogP contribution in [0.2, 0.25) is 0 Å². The van der Waals surface area contributed by atoms with Gasteiger partial charge in [0, 0.05) is 32.4 Å². The average molecular weight is 195 g/mol. The van der Waals surface area contributed by atoms with Gasteiger partial charge in [-0.25, -0.2) is 10.4 Å². The van der Waals surface area contributed by atoms with Crippen LogP contribution in [0.4, 0.5) is 0 Å². The number of aromatic nitrogens is 2. The summed E-state index contributed by atoms with van der Waals surface area (Å²) in [7, 11) is 2.16. The van der Waals surface area contributed by atoms with Gasteiger partial charge in [-0.05, 0) is 13.1 Å². The summed E-state index contributed by atoms with van der Waals surface area (Å²) in [6.07, 6.45) is 1.78. The SMILES string of the molecule is CN1CCN(NCc2ccn[nH]2)CC1. The number of H-pyrrole nitrogens is 1. The van der Waals surface area contributed by atoms with E-state index in [1.807, 2.05) is 6.07 Å². The molecular formula is C9H17N5. The Labute approximate surface area is 84.1 Å². The first kappa shape index (κ1) is 9.64. The molecular weight excluding hydrogens is 178 g/mol. The molecule has 14 heavy (non-hydrogen) atoms. The van der Waals surface area contributed by atoms with E-state index in [0.29, 0.717) is 0 Å². The zero-order valence-electron chi connectivity index (χ0n) is 8.53. The van der Waals surface area contributed by atoms with E-state index in [9.17, 15) is 0 Å². The molecule has 0 saturated carbocycles. The number of rotatable bonds is 3. The molecule has 0 unspecified atom stereocenters. The molecule has 5 nitrogen and oxygen atoms in total. The molecule has 0 atom stereocenters. The number of piperazine rings is 1. The van der Waals surface area contributed by atoms with Crippen molar-refractivity contribution in [2.45, 2.75) is 6.54 Å². The Morgan fingerprint density at radius 1 is 1.43 bits per heavy atom. The van der Waals surface area contributed by atoms with Gasteiger partial charge in [0.05, 0.1) is 12.2 Å². The third-order valence-electron chi connectivity index (χ3n) is 2.55. The standard InChI is InChI=1S/C9H17N5/c1-13-4-6-14(7-5-13)11-8-9-2-3-10-12-9/h2-3,11H,4-8H2,1H3,(H,10,12). The third-order valence-corrected chi connectivity index (χ3v) is 2.55. The second kappa shape index (κ2) is 4.54. The summed E-state index contributed by atoms with van der Waals surface area (Å²) in [5, 5.41) is 9.11. The number of hydrazine groups is 1. The summed E-state index contributed by atoms with van der Waals surface area (Å²) in [4.78, 5) is 2.34. The van der Waals surface area contributed by atoms with Crippen LogP contribution in [-0.2, 0) is 6.54 Å². The Bertz CT molecular complexity index is 250. The van der Waals surface area contributed by atoms with Crippen LogP contribution in [0.15, 0.2) is 12.3 Å². The molecule has 0 aromatic carbocycles. The predicted octanol–water partition coefficient (Wildman–Crippen LogP) is -0.338. The Morgan fingerprint density at radius 3 is 2.86 bits per heavy atom. The van der Waals surface area contributed by atoms with Crippen LogP contribution in [0.1, 0.15) is 5.69 Å². The van der Waals surface area contributed by atoms with Gasteiger partial charge in [-0.1, -0.05) is 0 Å². The summed E-state index contributed by atoms with van der Waals surface area (Å²) in [6.45, 7) is 5.28. The minimum atomic E-state index is 0.837. The van der Waals surface area contributed by atoms with Gasteiger partial charge in [0.1, 0.15) is 0 Å². The third kappa shape index (κ3) is 2.54. The van der Waals surface area contributed by atoms with Crippen molar-refractivity contribution in [2.24, 2.45) is 0 Å². The van der Waals surface area contributed by atoms with Crippen LogP contribution in [0, 0.1) is 0 Å². The quantitative estimate of drug-likeness (QED) is 0.693. The van der Waals surface area contributed by atoms with E-state index < -0.39 is 0 Å². The fourth-order valence-corrected chi connectivity index (χ4v) is 1.54. The van der Waals surface area contributed by atoms with Crippen molar-refractivity contribution in [3.05, 3.63) is 18.0 Å². The van der Waals surface area contributed by atoms with Crippen LogP contribution in [-0.4, -0.2) is 53.3 Å². The molecule has 2 rings (SSSR count). The molecule has 0 radical (unpaired) electrons. The van der Waals surface area contributed by atoms with Crippen LogP contribution < -0.4 is 5.43 Å². The van der Waals surface area contributed by atoms with Gasteiger partial charge >= 0.3 is 0 Å². The van der Waals surface area contributed by atoms with Crippen LogP contribution >= 0.6 is 0 Å². The molecule has 78 valence electrons. The van der Waals surface area contributed by atoms with E-state index >= 15 is 0 Å². The molecule has 0 amide bonds. The molecule has 1 fully saturated rings. The van der Waals surface area contributed by atoms with Crippen molar-refractivity contribution in [1.82, 2.24) is 25.5 Å². The molecule has 1 aromatic rings. The summed E-state index contributed by atoms with van der Waals surface area (Å²) in [6, 6.07) is 1.99. The van der Waals surface area contributed by atoms with Crippen LogP contribution in [0.5, 0.6) is 0 Å². The second-order valence-electron chi connectivity index (χ2n) is 3.71. The topological polar surface area (TPSA) is 47.2 Å². The van der Waals surface area contributed by atoms with Gasteiger partial charge in [0.15, 0.2) is 0 Å². The summed E-state index contributed by atoms with van der Waals surface area (Å²) in [5.41, 5.74) is 4.51. The maximum absolute atomic E-state index is 3.91. The highest BCUT2D eigenvalue weighted by Crippen LogP contribution is 1.97. The first-order valence-corrected chi connectivity index (χ1v) is 5.00. The first-order valence-electron chi connectivity index (χ1n) is 5.00. The molecule has 0 aliphatic carbocycles. The zero-order chi connectivity index (χ0) is 9.80. The van der Waals surface area contributed by atoms with Crippen molar-refractivity contribution in [2.75, 3.05) is 33.2 Å². The fraction of sp³-hybridized carbons (Fsp3) is 0.667. The molecule has 2 N–H and O–H groups in total. The molecule has 2 heterocycles. The maximum atomic E-state index is 3.91. The van der Waals surface area contributed by atoms with Crippen molar-refractivity contribution in [3.63, 3.8) is 0 Å². The average Bonchev–Trinajstić information content (AvgIpc) is 2.70. The molecule has 0 bridgehead atoms. The van der Waals surface area contributed by atoms with E-state index in [1.165, 1.54) is 0 Å². The number of nitrogens with one attached hydrogen (secondary N) is 2. The summed E-state index contributed by atoms with van der Waals surface area (Å²) < 4.78 is 0. The highest BCUT2D eigenvalue weighted by Gasteiger charge is 2.12. The van der Waals surface area contributed by atoms with E-state index in [-0.39, 0.29) is 0 Å². The first-order chi connectivity index (χ1) is 6.84. The Morgan fingerprint density at radius 2 is 2.21 bits per heavy atom. The molecule has 1 saturated heterocycles. The van der Waals surface area contributed by atoms with Crippen molar-refractivity contribution in [1.29, 1.82) is 0 Å². The number of nitrogens with zero attached hydrogens (tertiary/aromatic N) is 3. The second-order valence-corrected chi connectivity index (χ2v) is 3.71. The predicted molar refractivity (Wildman–Crippen MR) is 54.5 cm³/mol. The molecule has 1 aliphatic heterocycles. The van der Waals surface area contributed by atoms with Crippen LogP contribution in [0.3, 0.4) is 0 Å². The lowest BCUT2D eigenvalue weighted by molar-refractivity contribution is 0.101.